The molecule has 2 aromatic heterocycles. The van der Waals surface area contributed by atoms with Gasteiger partial charge in [-0.3, -0.25) is 4.79 Å². The van der Waals surface area contributed by atoms with E-state index in [2.05, 4.69) is 52.2 Å². The normalized spacial score (nSPS) is 11.0. The number of nitrogens with one attached hydrogen (secondary N) is 2. The van der Waals surface area contributed by atoms with E-state index in [0.29, 0.717) is 5.69 Å². The number of hydrogen-bond acceptors (Lipinski definition) is 4. The molecule has 0 saturated heterocycles. The first kappa shape index (κ1) is 19.2. The number of aryl methyl sites for hydroxylation is 1. The van der Waals surface area contributed by atoms with Gasteiger partial charge >= 0.3 is 0 Å². The van der Waals surface area contributed by atoms with Gasteiger partial charge in [0.15, 0.2) is 0 Å². The fourth-order valence-corrected chi connectivity index (χ4v) is 4.22. The molecule has 148 valence electrons. The maximum Gasteiger partial charge on any atom is 0.275 e. The van der Waals surface area contributed by atoms with E-state index in [1.807, 2.05) is 37.3 Å². The standard InChI is InChI=1S/C23H24N4OS/c1-4-27(5-2)17-10-11-18(15(3)12-17)25-22(28)21-14-29-23(26-21)20-13-16-8-6-7-9-19(16)24-20/h6-14,24H,4-5H2,1-3H3,(H,25,28). The molecule has 0 atom stereocenters. The summed E-state index contributed by atoms with van der Waals surface area (Å²) >= 11 is 1.46. The van der Waals surface area contributed by atoms with Gasteiger partial charge in [0.1, 0.15) is 10.7 Å². The van der Waals surface area contributed by atoms with Crippen LogP contribution in [0.15, 0.2) is 53.9 Å². The van der Waals surface area contributed by atoms with E-state index >= 15 is 0 Å². The second-order valence-corrected chi connectivity index (χ2v) is 7.79. The Balaban J connectivity index is 1.52. The highest BCUT2D eigenvalue weighted by Crippen LogP contribution is 2.28. The SMILES string of the molecule is CCN(CC)c1ccc(NC(=O)c2csc(-c3cc4ccccc4[nH]3)n2)c(C)c1. The number of benzene rings is 2. The van der Waals surface area contributed by atoms with Crippen LogP contribution in [0.3, 0.4) is 0 Å². The van der Waals surface area contributed by atoms with Gasteiger partial charge in [-0.15, -0.1) is 11.3 Å². The predicted octanol–water partition coefficient (Wildman–Crippen LogP) is 5.70. The molecule has 1 amide bonds. The number of rotatable bonds is 6. The molecular weight excluding hydrogens is 380 g/mol. The number of amides is 1. The third kappa shape index (κ3) is 3.89. The Labute approximate surface area is 174 Å². The van der Waals surface area contributed by atoms with Crippen molar-refractivity contribution >= 4 is 39.5 Å². The van der Waals surface area contributed by atoms with Gasteiger partial charge in [-0.1, -0.05) is 18.2 Å². The number of anilines is 2. The minimum absolute atomic E-state index is 0.192. The van der Waals surface area contributed by atoms with Crippen LogP contribution in [0.4, 0.5) is 11.4 Å². The smallest absolute Gasteiger partial charge is 0.275 e. The maximum absolute atomic E-state index is 12.7. The van der Waals surface area contributed by atoms with E-state index < -0.39 is 0 Å². The number of carbonyl (C=O) groups excluding carboxylic acids is 1. The number of H-pyrrole nitrogens is 1. The second-order valence-electron chi connectivity index (χ2n) is 6.93. The number of aromatic amines is 1. The number of hydrogen-bond donors (Lipinski definition) is 2. The Bertz CT molecular complexity index is 1120. The van der Waals surface area contributed by atoms with Gasteiger partial charge in [-0.25, -0.2) is 4.98 Å². The van der Waals surface area contributed by atoms with E-state index in [4.69, 9.17) is 0 Å². The van der Waals surface area contributed by atoms with Gasteiger partial charge in [0, 0.05) is 40.7 Å². The van der Waals surface area contributed by atoms with Gasteiger partial charge in [0.2, 0.25) is 0 Å². The van der Waals surface area contributed by atoms with Crippen LogP contribution in [-0.2, 0) is 0 Å². The van der Waals surface area contributed by atoms with Crippen LogP contribution in [0.5, 0.6) is 0 Å². The van der Waals surface area contributed by atoms with Crippen LogP contribution < -0.4 is 10.2 Å². The molecule has 2 heterocycles. The first-order valence-corrected chi connectivity index (χ1v) is 10.7. The van der Waals surface area contributed by atoms with E-state index in [0.717, 1.165) is 45.9 Å². The van der Waals surface area contributed by atoms with Crippen molar-refractivity contribution in [3.63, 3.8) is 0 Å². The van der Waals surface area contributed by atoms with E-state index in [1.165, 1.54) is 17.0 Å². The third-order valence-electron chi connectivity index (χ3n) is 5.08. The van der Waals surface area contributed by atoms with Gasteiger partial charge in [-0.2, -0.15) is 0 Å². The summed E-state index contributed by atoms with van der Waals surface area (Å²) in [5.41, 5.74) is 5.43. The highest BCUT2D eigenvalue weighted by atomic mass is 32.1. The molecule has 29 heavy (non-hydrogen) atoms. The molecule has 4 aromatic rings. The number of nitrogens with zero attached hydrogens (tertiary/aromatic N) is 2. The van der Waals surface area contributed by atoms with Crippen molar-refractivity contribution in [2.24, 2.45) is 0 Å². The molecule has 0 spiro atoms. The minimum Gasteiger partial charge on any atom is -0.372 e. The van der Waals surface area contributed by atoms with Crippen molar-refractivity contribution in [3.8, 4) is 10.7 Å². The molecular formula is C23H24N4OS. The molecule has 0 unspecified atom stereocenters. The zero-order valence-electron chi connectivity index (χ0n) is 16.8. The molecule has 0 saturated carbocycles. The Morgan fingerprint density at radius 3 is 2.66 bits per heavy atom. The van der Waals surface area contributed by atoms with Gasteiger partial charge in [0.05, 0.1) is 5.69 Å². The summed E-state index contributed by atoms with van der Waals surface area (Å²) < 4.78 is 0. The lowest BCUT2D eigenvalue weighted by molar-refractivity contribution is 0.102. The van der Waals surface area contributed by atoms with Crippen LogP contribution in [0, 0.1) is 6.92 Å². The monoisotopic (exact) mass is 404 g/mol. The molecule has 2 N–H and O–H groups in total. The molecule has 5 nitrogen and oxygen atoms in total. The average molecular weight is 405 g/mol. The van der Waals surface area contributed by atoms with Crippen LogP contribution >= 0.6 is 11.3 Å². The molecule has 6 heteroatoms. The maximum atomic E-state index is 12.7. The quantitative estimate of drug-likeness (QED) is 0.433. The summed E-state index contributed by atoms with van der Waals surface area (Å²) in [5, 5.41) is 6.74. The number of carbonyl (C=O) groups is 1. The summed E-state index contributed by atoms with van der Waals surface area (Å²) in [6.07, 6.45) is 0. The molecule has 0 fully saturated rings. The van der Waals surface area contributed by atoms with Crippen molar-refractivity contribution in [3.05, 3.63) is 65.2 Å². The zero-order chi connectivity index (χ0) is 20.4. The molecule has 0 bridgehead atoms. The fraction of sp³-hybridized carbons (Fsp3) is 0.217. The summed E-state index contributed by atoms with van der Waals surface area (Å²) in [6.45, 7) is 8.20. The highest BCUT2D eigenvalue weighted by molar-refractivity contribution is 7.13. The topological polar surface area (TPSA) is 61.0 Å². The van der Waals surface area contributed by atoms with Crippen molar-refractivity contribution in [1.82, 2.24) is 9.97 Å². The van der Waals surface area contributed by atoms with E-state index in [-0.39, 0.29) is 5.91 Å². The zero-order valence-corrected chi connectivity index (χ0v) is 17.6. The minimum atomic E-state index is -0.192. The van der Waals surface area contributed by atoms with Crippen LogP contribution in [0.1, 0.15) is 29.9 Å². The summed E-state index contributed by atoms with van der Waals surface area (Å²) in [4.78, 5) is 22.9. The molecule has 0 aliphatic carbocycles. The largest absolute Gasteiger partial charge is 0.372 e. The number of aromatic nitrogens is 2. The van der Waals surface area contributed by atoms with Gasteiger partial charge in [-0.05, 0) is 56.7 Å². The van der Waals surface area contributed by atoms with Gasteiger partial charge in [0.25, 0.3) is 5.91 Å². The van der Waals surface area contributed by atoms with Crippen molar-refractivity contribution < 1.29 is 4.79 Å². The Hall–Kier alpha value is -3.12. The number of thiazole rings is 1. The van der Waals surface area contributed by atoms with Crippen molar-refractivity contribution in [1.29, 1.82) is 0 Å². The van der Waals surface area contributed by atoms with Gasteiger partial charge < -0.3 is 15.2 Å². The number of fused-ring (bicyclic) bond motifs is 1. The lowest BCUT2D eigenvalue weighted by Gasteiger charge is -2.22. The lowest BCUT2D eigenvalue weighted by Crippen LogP contribution is -2.22. The lowest BCUT2D eigenvalue weighted by atomic mass is 10.1. The summed E-state index contributed by atoms with van der Waals surface area (Å²) in [6, 6.07) is 16.3. The van der Waals surface area contributed by atoms with E-state index in [1.54, 1.807) is 5.38 Å². The van der Waals surface area contributed by atoms with Crippen LogP contribution in [0.2, 0.25) is 0 Å². The molecule has 0 radical (unpaired) electrons. The first-order chi connectivity index (χ1) is 14.1. The Kier molecular flexibility index (Phi) is 5.36. The third-order valence-corrected chi connectivity index (χ3v) is 5.96. The van der Waals surface area contributed by atoms with Crippen molar-refractivity contribution in [2.75, 3.05) is 23.3 Å². The molecule has 0 aliphatic heterocycles. The highest BCUT2D eigenvalue weighted by Gasteiger charge is 2.15. The molecule has 4 rings (SSSR count). The average Bonchev–Trinajstić information content (AvgIpc) is 3.37. The van der Waals surface area contributed by atoms with Crippen LogP contribution in [-0.4, -0.2) is 29.0 Å². The Morgan fingerprint density at radius 1 is 1.14 bits per heavy atom. The fourth-order valence-electron chi connectivity index (χ4n) is 3.45. The Morgan fingerprint density at radius 2 is 1.93 bits per heavy atom. The molecule has 2 aromatic carbocycles. The molecule has 0 aliphatic rings. The summed E-state index contributed by atoms with van der Waals surface area (Å²) in [5.74, 6) is -0.192. The first-order valence-electron chi connectivity index (χ1n) is 9.79. The van der Waals surface area contributed by atoms with Crippen LogP contribution in [0.25, 0.3) is 21.6 Å². The summed E-state index contributed by atoms with van der Waals surface area (Å²) in [7, 11) is 0. The van der Waals surface area contributed by atoms with Crippen molar-refractivity contribution in [2.45, 2.75) is 20.8 Å². The second kappa shape index (κ2) is 8.09. The van der Waals surface area contributed by atoms with E-state index in [9.17, 15) is 4.79 Å². The predicted molar refractivity (Wildman–Crippen MR) is 122 cm³/mol. The number of para-hydroxylation sites is 1.